The van der Waals surface area contributed by atoms with Crippen LogP contribution >= 0.6 is 11.6 Å². The maximum Gasteiger partial charge on any atom is 0.246 e. The van der Waals surface area contributed by atoms with Gasteiger partial charge in [0.05, 0.1) is 12.3 Å². The molecule has 0 aliphatic rings. The second-order valence-electron chi connectivity index (χ2n) is 6.67. The molecule has 150 valence electrons. The number of anilines is 1. The number of rotatable bonds is 8. The van der Waals surface area contributed by atoms with Gasteiger partial charge in [0, 0.05) is 11.1 Å². The molecular formula is C24H25ClN2O2. The molecule has 0 heterocycles. The number of amides is 1. The maximum absolute atomic E-state index is 13.3. The summed E-state index contributed by atoms with van der Waals surface area (Å²) in [5, 5.41) is 7.10. The molecule has 4 nitrogen and oxygen atoms in total. The highest BCUT2D eigenvalue weighted by Crippen LogP contribution is 2.28. The molecule has 3 aromatic rings. The van der Waals surface area contributed by atoms with Crippen LogP contribution in [0.25, 0.3) is 0 Å². The molecule has 0 bridgehead atoms. The molecule has 2 atom stereocenters. The molecule has 3 aromatic carbocycles. The molecule has 0 aliphatic heterocycles. The third-order valence-corrected chi connectivity index (χ3v) is 4.97. The predicted octanol–water partition coefficient (Wildman–Crippen LogP) is 5.77. The van der Waals surface area contributed by atoms with Crippen LogP contribution in [0, 0.1) is 0 Å². The van der Waals surface area contributed by atoms with Crippen LogP contribution in [0.1, 0.15) is 37.1 Å². The zero-order chi connectivity index (χ0) is 20.6. The van der Waals surface area contributed by atoms with E-state index in [9.17, 15) is 4.79 Å². The first kappa shape index (κ1) is 20.9. The van der Waals surface area contributed by atoms with Crippen LogP contribution in [-0.2, 0) is 4.79 Å². The average molecular weight is 409 g/mol. The van der Waals surface area contributed by atoms with Gasteiger partial charge in [-0.25, -0.2) is 0 Å². The molecule has 5 heteroatoms. The minimum absolute atomic E-state index is 0.123. The number of hydrogen-bond donors (Lipinski definition) is 2. The van der Waals surface area contributed by atoms with Crippen LogP contribution in [0.2, 0.25) is 5.02 Å². The Kier molecular flexibility index (Phi) is 7.28. The Bertz CT molecular complexity index is 946. The quantitative estimate of drug-likeness (QED) is 0.497. The van der Waals surface area contributed by atoms with Crippen molar-refractivity contribution in [2.24, 2.45) is 0 Å². The molecule has 0 aromatic heterocycles. The smallest absolute Gasteiger partial charge is 0.246 e. The van der Waals surface area contributed by atoms with Crippen LogP contribution in [0.5, 0.6) is 5.75 Å². The van der Waals surface area contributed by atoms with E-state index >= 15 is 0 Å². The molecule has 0 spiro atoms. The average Bonchev–Trinajstić information content (AvgIpc) is 2.74. The summed E-state index contributed by atoms with van der Waals surface area (Å²) in [7, 11) is 0. The van der Waals surface area contributed by atoms with Crippen molar-refractivity contribution in [3.63, 3.8) is 0 Å². The second kappa shape index (κ2) is 10.1. The van der Waals surface area contributed by atoms with Gasteiger partial charge in [0.25, 0.3) is 0 Å². The van der Waals surface area contributed by atoms with Gasteiger partial charge >= 0.3 is 0 Å². The van der Waals surface area contributed by atoms with Crippen molar-refractivity contribution in [2.75, 3.05) is 11.9 Å². The Labute approximate surface area is 176 Å². The van der Waals surface area contributed by atoms with Crippen molar-refractivity contribution in [1.82, 2.24) is 5.32 Å². The van der Waals surface area contributed by atoms with Gasteiger partial charge in [-0.2, -0.15) is 0 Å². The lowest BCUT2D eigenvalue weighted by Gasteiger charge is -2.24. The Balaban J connectivity index is 1.86. The van der Waals surface area contributed by atoms with Crippen molar-refractivity contribution in [1.29, 1.82) is 0 Å². The molecule has 3 rings (SSSR count). The van der Waals surface area contributed by atoms with E-state index in [0.29, 0.717) is 23.1 Å². The van der Waals surface area contributed by atoms with E-state index in [1.807, 2.05) is 92.7 Å². The van der Waals surface area contributed by atoms with Crippen LogP contribution in [-0.4, -0.2) is 12.5 Å². The van der Waals surface area contributed by atoms with Crippen LogP contribution in [0.15, 0.2) is 78.9 Å². The van der Waals surface area contributed by atoms with Crippen molar-refractivity contribution in [2.45, 2.75) is 25.9 Å². The summed E-state index contributed by atoms with van der Waals surface area (Å²) in [5.74, 6) is 0.483. The maximum atomic E-state index is 13.3. The fraction of sp³-hybridized carbons (Fsp3) is 0.208. The van der Waals surface area contributed by atoms with Gasteiger partial charge in [-0.05, 0) is 43.2 Å². The van der Waals surface area contributed by atoms with Gasteiger partial charge in [-0.15, -0.1) is 0 Å². The number of benzene rings is 3. The van der Waals surface area contributed by atoms with Gasteiger partial charge in [0.15, 0.2) is 0 Å². The largest absolute Gasteiger partial charge is 0.492 e. The number of nitrogens with one attached hydrogen (secondary N) is 2. The van der Waals surface area contributed by atoms with Crippen molar-refractivity contribution >= 4 is 23.2 Å². The molecule has 0 saturated heterocycles. The number of ether oxygens (including phenoxy) is 1. The molecule has 0 fully saturated rings. The highest BCUT2D eigenvalue weighted by atomic mass is 35.5. The zero-order valence-corrected chi connectivity index (χ0v) is 17.3. The monoisotopic (exact) mass is 408 g/mol. The van der Waals surface area contributed by atoms with Crippen molar-refractivity contribution in [3.05, 3.63) is 95.0 Å². The standard InChI is InChI=1S/C24H25ClN2O2/c1-3-29-22-16-10-9-15-21(22)27-24(28)23(18-11-5-4-6-12-18)26-17(2)19-13-7-8-14-20(19)25/h4-17,23,26H,3H2,1-2H3,(H,27,28)/t17-,23-/m1/s1. The van der Waals surface area contributed by atoms with Crippen LogP contribution in [0.4, 0.5) is 5.69 Å². The van der Waals surface area contributed by atoms with E-state index in [1.54, 1.807) is 0 Å². The summed E-state index contributed by atoms with van der Waals surface area (Å²) in [5.41, 5.74) is 2.46. The summed E-state index contributed by atoms with van der Waals surface area (Å²) in [6.45, 7) is 4.44. The lowest BCUT2D eigenvalue weighted by molar-refractivity contribution is -0.118. The minimum atomic E-state index is -0.558. The Morgan fingerprint density at radius 1 is 0.966 bits per heavy atom. The highest BCUT2D eigenvalue weighted by Gasteiger charge is 2.24. The van der Waals surface area contributed by atoms with E-state index < -0.39 is 6.04 Å². The third-order valence-electron chi connectivity index (χ3n) is 4.63. The lowest BCUT2D eigenvalue weighted by Crippen LogP contribution is -2.34. The fourth-order valence-corrected chi connectivity index (χ4v) is 3.49. The molecule has 29 heavy (non-hydrogen) atoms. The summed E-state index contributed by atoms with van der Waals surface area (Å²) in [6.07, 6.45) is 0. The van der Waals surface area contributed by atoms with Gasteiger partial charge in [0.1, 0.15) is 11.8 Å². The molecule has 1 amide bonds. The first-order chi connectivity index (χ1) is 14.1. The molecule has 0 radical (unpaired) electrons. The Hall–Kier alpha value is -2.82. The number of halogens is 1. The van der Waals surface area contributed by atoms with Crippen molar-refractivity contribution < 1.29 is 9.53 Å². The Morgan fingerprint density at radius 3 is 2.34 bits per heavy atom. The summed E-state index contributed by atoms with van der Waals surface area (Å²) >= 11 is 6.36. The van der Waals surface area contributed by atoms with E-state index in [0.717, 1.165) is 11.1 Å². The molecular weight excluding hydrogens is 384 g/mol. The first-order valence-corrected chi connectivity index (χ1v) is 10.1. The summed E-state index contributed by atoms with van der Waals surface area (Å²) in [4.78, 5) is 13.3. The number of carbonyl (C=O) groups excluding carboxylic acids is 1. The highest BCUT2D eigenvalue weighted by molar-refractivity contribution is 6.31. The predicted molar refractivity (Wildman–Crippen MR) is 118 cm³/mol. The molecule has 0 unspecified atom stereocenters. The molecule has 0 saturated carbocycles. The lowest BCUT2D eigenvalue weighted by atomic mass is 10.0. The van der Waals surface area contributed by atoms with Gasteiger partial charge < -0.3 is 10.1 Å². The SMILES string of the molecule is CCOc1ccccc1NC(=O)[C@H](N[C@H](C)c1ccccc1Cl)c1ccccc1. The fourth-order valence-electron chi connectivity index (χ4n) is 3.19. The van der Waals surface area contributed by atoms with E-state index in [1.165, 1.54) is 0 Å². The zero-order valence-electron chi connectivity index (χ0n) is 16.6. The molecule has 0 aliphatic carbocycles. The van der Waals surface area contributed by atoms with Crippen LogP contribution < -0.4 is 15.4 Å². The summed E-state index contributed by atoms with van der Waals surface area (Å²) in [6, 6.07) is 24.0. The van der Waals surface area contributed by atoms with Crippen LogP contribution in [0.3, 0.4) is 0 Å². The van der Waals surface area contributed by atoms with Crippen molar-refractivity contribution in [3.8, 4) is 5.75 Å². The number of hydrogen-bond acceptors (Lipinski definition) is 3. The minimum Gasteiger partial charge on any atom is -0.492 e. The van der Waals surface area contributed by atoms with Gasteiger partial charge in [-0.3, -0.25) is 10.1 Å². The third kappa shape index (κ3) is 5.37. The van der Waals surface area contributed by atoms with Gasteiger partial charge in [0.2, 0.25) is 5.91 Å². The Morgan fingerprint density at radius 2 is 1.62 bits per heavy atom. The topological polar surface area (TPSA) is 50.4 Å². The second-order valence-corrected chi connectivity index (χ2v) is 7.08. The van der Waals surface area contributed by atoms with E-state index in [4.69, 9.17) is 16.3 Å². The number of para-hydroxylation sites is 2. The van der Waals surface area contributed by atoms with Gasteiger partial charge in [-0.1, -0.05) is 72.3 Å². The van der Waals surface area contributed by atoms with E-state index in [-0.39, 0.29) is 11.9 Å². The van der Waals surface area contributed by atoms with E-state index in [2.05, 4.69) is 10.6 Å². The number of carbonyl (C=O) groups is 1. The summed E-state index contributed by atoms with van der Waals surface area (Å²) < 4.78 is 5.64. The molecule has 2 N–H and O–H groups in total. The normalized spacial score (nSPS) is 12.8. The first-order valence-electron chi connectivity index (χ1n) is 9.68.